The van der Waals surface area contributed by atoms with E-state index in [0.717, 1.165) is 44.8 Å². The molecule has 0 saturated heterocycles. The van der Waals surface area contributed by atoms with Gasteiger partial charge in [0.25, 0.3) is 0 Å². The number of methoxy groups -OCH3 is 2. The van der Waals surface area contributed by atoms with Gasteiger partial charge in [-0.15, -0.1) is 0 Å². The molecule has 4 rings (SSSR count). The monoisotopic (exact) mass is 373 g/mol. The van der Waals surface area contributed by atoms with Crippen LogP contribution < -0.4 is 9.47 Å². The maximum Gasteiger partial charge on any atom is 0.335 e. The number of aromatic nitrogens is 1. The van der Waals surface area contributed by atoms with E-state index in [4.69, 9.17) is 9.47 Å². The summed E-state index contributed by atoms with van der Waals surface area (Å²) in [6, 6.07) is 20.6. The van der Waals surface area contributed by atoms with Gasteiger partial charge in [-0.3, -0.25) is 0 Å². The Kier molecular flexibility index (Phi) is 4.49. The van der Waals surface area contributed by atoms with Gasteiger partial charge >= 0.3 is 5.97 Å². The number of ether oxygens (including phenoxy) is 2. The molecule has 0 aliphatic heterocycles. The number of nitrogens with one attached hydrogen (secondary N) is 1. The number of hydrogen-bond acceptors (Lipinski definition) is 3. The fourth-order valence-electron chi connectivity index (χ4n) is 3.36. The third-order valence-corrected chi connectivity index (χ3v) is 4.80. The van der Waals surface area contributed by atoms with Crippen molar-refractivity contribution in [3.8, 4) is 33.9 Å². The van der Waals surface area contributed by atoms with Crippen LogP contribution in [0.5, 0.6) is 11.5 Å². The molecule has 0 fully saturated rings. The van der Waals surface area contributed by atoms with E-state index < -0.39 is 5.97 Å². The van der Waals surface area contributed by atoms with Gasteiger partial charge < -0.3 is 19.6 Å². The summed E-state index contributed by atoms with van der Waals surface area (Å²) in [5.74, 6) is 0.592. The van der Waals surface area contributed by atoms with Gasteiger partial charge in [0.1, 0.15) is 11.5 Å². The molecule has 5 heteroatoms. The zero-order valence-corrected chi connectivity index (χ0v) is 15.5. The van der Waals surface area contributed by atoms with Crippen molar-refractivity contribution in [1.29, 1.82) is 0 Å². The van der Waals surface area contributed by atoms with Gasteiger partial charge in [0.15, 0.2) is 0 Å². The van der Waals surface area contributed by atoms with E-state index in [0.29, 0.717) is 0 Å². The van der Waals surface area contributed by atoms with Crippen LogP contribution in [0, 0.1) is 0 Å². The van der Waals surface area contributed by atoms with Crippen LogP contribution in [0.2, 0.25) is 0 Å². The van der Waals surface area contributed by atoms with Crippen LogP contribution >= 0.6 is 0 Å². The summed E-state index contributed by atoms with van der Waals surface area (Å²) >= 11 is 0. The SMILES string of the molecule is COc1ccc(-c2[nH]c3ccc(C(=O)O)cc3c2-c2ccc(OC)cc2)cc1. The molecule has 3 aromatic carbocycles. The number of aromatic amines is 1. The highest BCUT2D eigenvalue weighted by Gasteiger charge is 2.17. The normalized spacial score (nSPS) is 10.8. The lowest BCUT2D eigenvalue weighted by molar-refractivity contribution is 0.0697. The number of rotatable bonds is 5. The number of carboxylic acids is 1. The van der Waals surface area contributed by atoms with Crippen molar-refractivity contribution in [2.45, 2.75) is 0 Å². The molecular weight excluding hydrogens is 354 g/mol. The number of fused-ring (bicyclic) bond motifs is 1. The van der Waals surface area contributed by atoms with Crippen molar-refractivity contribution in [3.05, 3.63) is 72.3 Å². The molecule has 0 radical (unpaired) electrons. The van der Waals surface area contributed by atoms with Crippen molar-refractivity contribution >= 4 is 16.9 Å². The lowest BCUT2D eigenvalue weighted by Crippen LogP contribution is -1.94. The van der Waals surface area contributed by atoms with Crippen LogP contribution in [0.15, 0.2) is 66.7 Å². The van der Waals surface area contributed by atoms with E-state index in [9.17, 15) is 9.90 Å². The molecule has 5 nitrogen and oxygen atoms in total. The average molecular weight is 373 g/mol. The largest absolute Gasteiger partial charge is 0.497 e. The van der Waals surface area contributed by atoms with Gasteiger partial charge in [0.05, 0.1) is 25.5 Å². The Morgan fingerprint density at radius 3 is 1.93 bits per heavy atom. The summed E-state index contributed by atoms with van der Waals surface area (Å²) in [7, 11) is 3.26. The zero-order valence-electron chi connectivity index (χ0n) is 15.5. The summed E-state index contributed by atoms with van der Waals surface area (Å²) in [6.07, 6.45) is 0. The predicted molar refractivity (Wildman–Crippen MR) is 109 cm³/mol. The van der Waals surface area contributed by atoms with E-state index >= 15 is 0 Å². The van der Waals surface area contributed by atoms with Crippen LogP contribution in [0.25, 0.3) is 33.3 Å². The molecule has 0 unspecified atom stereocenters. The molecular formula is C23H19NO4. The molecule has 0 amide bonds. The lowest BCUT2D eigenvalue weighted by atomic mass is 9.97. The highest BCUT2D eigenvalue weighted by molar-refractivity contribution is 6.06. The molecule has 0 saturated carbocycles. The first-order valence-electron chi connectivity index (χ1n) is 8.78. The zero-order chi connectivity index (χ0) is 19.7. The van der Waals surface area contributed by atoms with Crippen molar-refractivity contribution in [2.24, 2.45) is 0 Å². The molecule has 140 valence electrons. The Bertz CT molecular complexity index is 1140. The predicted octanol–water partition coefficient (Wildman–Crippen LogP) is 5.22. The molecule has 0 aliphatic carbocycles. The van der Waals surface area contributed by atoms with E-state index in [1.165, 1.54) is 0 Å². The van der Waals surface area contributed by atoms with E-state index in [1.54, 1.807) is 32.4 Å². The molecule has 0 spiro atoms. The molecule has 2 N–H and O–H groups in total. The highest BCUT2D eigenvalue weighted by atomic mass is 16.5. The van der Waals surface area contributed by atoms with Gasteiger partial charge in [-0.2, -0.15) is 0 Å². The van der Waals surface area contributed by atoms with E-state index in [1.807, 2.05) is 48.5 Å². The average Bonchev–Trinajstić information content (AvgIpc) is 3.12. The first-order chi connectivity index (χ1) is 13.6. The molecule has 0 aliphatic rings. The van der Waals surface area contributed by atoms with Crippen LogP contribution in [-0.2, 0) is 0 Å². The van der Waals surface area contributed by atoms with Gasteiger partial charge in [-0.1, -0.05) is 12.1 Å². The van der Waals surface area contributed by atoms with Gasteiger partial charge in [0.2, 0.25) is 0 Å². The number of benzene rings is 3. The molecule has 0 atom stereocenters. The van der Waals surface area contributed by atoms with Gasteiger partial charge in [-0.05, 0) is 65.7 Å². The molecule has 28 heavy (non-hydrogen) atoms. The first kappa shape index (κ1) is 17.7. The van der Waals surface area contributed by atoms with Crippen molar-refractivity contribution in [2.75, 3.05) is 14.2 Å². The summed E-state index contributed by atoms with van der Waals surface area (Å²) in [5.41, 5.74) is 4.96. The number of hydrogen-bond donors (Lipinski definition) is 2. The second kappa shape index (κ2) is 7.12. The fourth-order valence-corrected chi connectivity index (χ4v) is 3.36. The minimum atomic E-state index is -0.949. The Balaban J connectivity index is 1.97. The Morgan fingerprint density at radius 2 is 1.39 bits per heavy atom. The van der Waals surface area contributed by atoms with Crippen molar-refractivity contribution in [1.82, 2.24) is 4.98 Å². The fraction of sp³-hybridized carbons (Fsp3) is 0.0870. The number of aromatic carboxylic acids is 1. The Labute approximate surface area is 162 Å². The van der Waals surface area contributed by atoms with E-state index in [-0.39, 0.29) is 5.56 Å². The molecule has 0 bridgehead atoms. The third kappa shape index (κ3) is 3.07. The van der Waals surface area contributed by atoms with Gasteiger partial charge in [-0.25, -0.2) is 4.79 Å². The Hall–Kier alpha value is -3.73. The molecule has 4 aromatic rings. The quantitative estimate of drug-likeness (QED) is 0.503. The topological polar surface area (TPSA) is 71.6 Å². The second-order valence-electron chi connectivity index (χ2n) is 6.40. The lowest BCUT2D eigenvalue weighted by Gasteiger charge is -2.08. The molecule has 1 aromatic heterocycles. The van der Waals surface area contributed by atoms with Crippen LogP contribution in [-0.4, -0.2) is 30.3 Å². The van der Waals surface area contributed by atoms with Crippen LogP contribution in [0.3, 0.4) is 0 Å². The highest BCUT2D eigenvalue weighted by Crippen LogP contribution is 2.39. The standard InChI is InChI=1S/C23H19NO4/c1-27-17-8-3-14(4-9-17)21-19-13-16(23(25)26)7-12-20(19)24-22(21)15-5-10-18(28-2)11-6-15/h3-13,24H,1-2H3,(H,25,26). The number of carboxylic acid groups (broad SMARTS) is 1. The van der Waals surface area contributed by atoms with Gasteiger partial charge in [0, 0.05) is 16.5 Å². The smallest absolute Gasteiger partial charge is 0.335 e. The summed E-state index contributed by atoms with van der Waals surface area (Å²) in [4.78, 5) is 14.9. The summed E-state index contributed by atoms with van der Waals surface area (Å²) < 4.78 is 10.5. The van der Waals surface area contributed by atoms with Crippen LogP contribution in [0.1, 0.15) is 10.4 Å². The van der Waals surface area contributed by atoms with Crippen molar-refractivity contribution < 1.29 is 19.4 Å². The minimum Gasteiger partial charge on any atom is -0.497 e. The molecule has 1 heterocycles. The van der Waals surface area contributed by atoms with E-state index in [2.05, 4.69) is 4.98 Å². The third-order valence-electron chi connectivity index (χ3n) is 4.80. The van der Waals surface area contributed by atoms with Crippen molar-refractivity contribution in [3.63, 3.8) is 0 Å². The summed E-state index contributed by atoms with van der Waals surface area (Å²) in [5, 5.41) is 10.3. The van der Waals surface area contributed by atoms with Crippen LogP contribution in [0.4, 0.5) is 0 Å². The minimum absolute atomic E-state index is 0.252. The second-order valence-corrected chi connectivity index (χ2v) is 6.40. The number of H-pyrrole nitrogens is 1. The maximum atomic E-state index is 11.5. The first-order valence-corrected chi connectivity index (χ1v) is 8.78. The maximum absolute atomic E-state index is 11.5. The Morgan fingerprint density at radius 1 is 0.821 bits per heavy atom. The summed E-state index contributed by atoms with van der Waals surface area (Å²) in [6.45, 7) is 0. The number of carbonyl (C=O) groups is 1.